The Morgan fingerprint density at radius 1 is 1.03 bits per heavy atom. The van der Waals surface area contributed by atoms with Gasteiger partial charge in [-0.05, 0) is 117 Å². The van der Waals surface area contributed by atoms with Crippen LogP contribution in [0.1, 0.15) is 98.8 Å². The number of rotatable bonds is 6. The highest BCUT2D eigenvalue weighted by Gasteiger charge is 2.58. The highest BCUT2D eigenvalue weighted by Crippen LogP contribution is 2.67. The second-order valence-corrected chi connectivity index (χ2v) is 13.1. The Morgan fingerprint density at radius 3 is 2.59 bits per heavy atom. The normalized spacial score (nSPS) is 39.8. The Bertz CT molecular complexity index is 910. The van der Waals surface area contributed by atoms with Gasteiger partial charge in [0.1, 0.15) is 11.9 Å². The first-order valence-electron chi connectivity index (χ1n) is 14.4. The van der Waals surface area contributed by atoms with E-state index < -0.39 is 0 Å². The summed E-state index contributed by atoms with van der Waals surface area (Å²) in [5, 5.41) is 0. The molecular formula is C33H48O. The summed E-state index contributed by atoms with van der Waals surface area (Å²) in [5.74, 6) is 5.35. The van der Waals surface area contributed by atoms with Crippen LogP contribution in [0.5, 0.6) is 5.75 Å². The summed E-state index contributed by atoms with van der Waals surface area (Å²) >= 11 is 0. The number of allylic oxidation sites excluding steroid dienone is 3. The van der Waals surface area contributed by atoms with Crippen molar-refractivity contribution >= 4 is 0 Å². The summed E-state index contributed by atoms with van der Waals surface area (Å²) in [7, 11) is 0. The largest absolute Gasteiger partial charge is 0.490 e. The van der Waals surface area contributed by atoms with Gasteiger partial charge in [0.25, 0.3) is 0 Å². The Kier molecular flexibility index (Phi) is 6.77. The van der Waals surface area contributed by atoms with Crippen LogP contribution >= 0.6 is 0 Å². The molecule has 0 spiro atoms. The lowest BCUT2D eigenvalue weighted by Crippen LogP contribution is -2.50. The molecule has 0 heterocycles. The van der Waals surface area contributed by atoms with E-state index in [1.54, 1.807) is 11.1 Å². The van der Waals surface area contributed by atoms with Crippen LogP contribution < -0.4 is 4.74 Å². The van der Waals surface area contributed by atoms with Gasteiger partial charge in [0.2, 0.25) is 0 Å². The molecule has 3 saturated carbocycles. The van der Waals surface area contributed by atoms with Gasteiger partial charge >= 0.3 is 0 Å². The van der Waals surface area contributed by atoms with Crippen LogP contribution in [-0.2, 0) is 0 Å². The summed E-state index contributed by atoms with van der Waals surface area (Å²) in [6.45, 7) is 12.5. The van der Waals surface area contributed by atoms with Crippen LogP contribution in [0.3, 0.4) is 0 Å². The standard InChI is InChI=1S/C33H48O/c1-23(2)10-9-11-24(3)29-16-17-30-28-15-14-25-22-27(34-26-12-7-6-8-13-26)18-20-32(25,4)31(28)19-21-33(29,30)5/h6-8,11-14,23,27-31H,9-10,15-22H2,1-5H3/b24-11-/t27?,28-,29+,30-,31-,32-,33+/m0/s1. The van der Waals surface area contributed by atoms with Gasteiger partial charge in [-0.3, -0.25) is 0 Å². The van der Waals surface area contributed by atoms with Crippen molar-refractivity contribution in [3.8, 4) is 5.75 Å². The van der Waals surface area contributed by atoms with Crippen LogP contribution in [0.4, 0.5) is 0 Å². The second-order valence-electron chi connectivity index (χ2n) is 13.1. The molecule has 0 N–H and O–H groups in total. The fourth-order valence-corrected chi connectivity index (χ4v) is 8.95. The molecule has 4 aliphatic rings. The minimum atomic E-state index is 0.349. The number of benzene rings is 1. The molecule has 0 radical (unpaired) electrons. The maximum atomic E-state index is 6.41. The lowest BCUT2D eigenvalue weighted by molar-refractivity contribution is -0.0436. The molecule has 0 saturated heterocycles. The number of fused-ring (bicyclic) bond motifs is 5. The zero-order valence-electron chi connectivity index (χ0n) is 22.5. The number of hydrogen-bond acceptors (Lipinski definition) is 1. The van der Waals surface area contributed by atoms with Crippen LogP contribution in [-0.4, -0.2) is 6.10 Å². The van der Waals surface area contributed by atoms with Crippen LogP contribution in [0.2, 0.25) is 0 Å². The maximum Gasteiger partial charge on any atom is 0.119 e. The predicted molar refractivity (Wildman–Crippen MR) is 144 cm³/mol. The van der Waals surface area contributed by atoms with E-state index in [2.05, 4.69) is 77.1 Å². The van der Waals surface area contributed by atoms with Crippen LogP contribution in [0.15, 0.2) is 53.6 Å². The average Bonchev–Trinajstić information content (AvgIpc) is 3.17. The summed E-state index contributed by atoms with van der Waals surface area (Å²) in [5.41, 5.74) is 4.36. The minimum Gasteiger partial charge on any atom is -0.490 e. The van der Waals surface area contributed by atoms with Gasteiger partial charge in [-0.1, -0.05) is 69.2 Å². The third-order valence-corrected chi connectivity index (χ3v) is 10.9. The monoisotopic (exact) mass is 460 g/mol. The minimum absolute atomic E-state index is 0.349. The molecule has 0 aromatic heterocycles. The van der Waals surface area contributed by atoms with Crippen molar-refractivity contribution in [2.45, 2.75) is 105 Å². The molecule has 7 atom stereocenters. The van der Waals surface area contributed by atoms with Crippen molar-refractivity contribution in [3.05, 3.63) is 53.6 Å². The summed E-state index contributed by atoms with van der Waals surface area (Å²) in [6, 6.07) is 10.5. The van der Waals surface area contributed by atoms with E-state index >= 15 is 0 Å². The van der Waals surface area contributed by atoms with E-state index in [1.807, 2.05) is 0 Å². The Balaban J connectivity index is 1.30. The molecule has 3 fully saturated rings. The topological polar surface area (TPSA) is 9.23 Å². The predicted octanol–water partition coefficient (Wildman–Crippen LogP) is 9.40. The highest BCUT2D eigenvalue weighted by molar-refractivity contribution is 5.28. The SMILES string of the molecule is C/C(=C/CCC(C)C)[C@H]1CC[C@H]2[C@@H]3CC=C4CC(Oc5ccccc5)CC[C@]4(C)[C@H]3CC[C@]12C. The fourth-order valence-electron chi connectivity index (χ4n) is 8.95. The van der Waals surface area contributed by atoms with E-state index in [1.165, 1.54) is 57.8 Å². The van der Waals surface area contributed by atoms with Gasteiger partial charge in [-0.15, -0.1) is 0 Å². The number of ether oxygens (including phenoxy) is 1. The van der Waals surface area contributed by atoms with Crippen molar-refractivity contribution < 1.29 is 4.74 Å². The zero-order valence-corrected chi connectivity index (χ0v) is 22.5. The van der Waals surface area contributed by atoms with Gasteiger partial charge in [-0.2, -0.15) is 0 Å². The molecule has 1 aromatic carbocycles. The summed E-state index contributed by atoms with van der Waals surface area (Å²) < 4.78 is 6.41. The lowest BCUT2D eigenvalue weighted by atomic mass is 9.47. The zero-order chi connectivity index (χ0) is 23.9. The quantitative estimate of drug-likeness (QED) is 0.384. The smallest absolute Gasteiger partial charge is 0.119 e. The highest BCUT2D eigenvalue weighted by atomic mass is 16.5. The second kappa shape index (κ2) is 9.51. The Morgan fingerprint density at radius 2 is 1.82 bits per heavy atom. The fraction of sp³-hybridized carbons (Fsp3) is 0.697. The molecule has 0 bridgehead atoms. The molecule has 0 aliphatic heterocycles. The van der Waals surface area contributed by atoms with E-state index in [9.17, 15) is 0 Å². The molecule has 0 amide bonds. The Labute approximate surface area is 209 Å². The Hall–Kier alpha value is -1.50. The van der Waals surface area contributed by atoms with Crippen molar-refractivity contribution in [3.63, 3.8) is 0 Å². The third kappa shape index (κ3) is 4.31. The van der Waals surface area contributed by atoms with Crippen molar-refractivity contribution in [2.75, 3.05) is 0 Å². The summed E-state index contributed by atoms with van der Waals surface area (Å²) in [4.78, 5) is 0. The van der Waals surface area contributed by atoms with E-state index in [-0.39, 0.29) is 0 Å². The van der Waals surface area contributed by atoms with Crippen molar-refractivity contribution in [2.24, 2.45) is 40.4 Å². The van der Waals surface area contributed by atoms with Crippen LogP contribution in [0, 0.1) is 40.4 Å². The first-order chi connectivity index (χ1) is 16.3. The molecule has 186 valence electrons. The first kappa shape index (κ1) is 24.2. The first-order valence-corrected chi connectivity index (χ1v) is 14.4. The van der Waals surface area contributed by atoms with E-state index in [0.717, 1.165) is 41.8 Å². The van der Waals surface area contributed by atoms with E-state index in [4.69, 9.17) is 4.74 Å². The molecule has 1 aromatic rings. The van der Waals surface area contributed by atoms with Gasteiger partial charge in [0.15, 0.2) is 0 Å². The molecule has 4 aliphatic carbocycles. The molecule has 34 heavy (non-hydrogen) atoms. The lowest BCUT2D eigenvalue weighted by Gasteiger charge is -2.58. The maximum absolute atomic E-state index is 6.41. The van der Waals surface area contributed by atoms with Gasteiger partial charge in [0.05, 0.1) is 0 Å². The average molecular weight is 461 g/mol. The van der Waals surface area contributed by atoms with E-state index in [0.29, 0.717) is 16.9 Å². The summed E-state index contributed by atoms with van der Waals surface area (Å²) in [6.07, 6.45) is 19.0. The third-order valence-electron chi connectivity index (χ3n) is 10.9. The molecule has 1 heteroatoms. The molecule has 1 unspecified atom stereocenters. The van der Waals surface area contributed by atoms with Crippen molar-refractivity contribution in [1.82, 2.24) is 0 Å². The van der Waals surface area contributed by atoms with Gasteiger partial charge in [0, 0.05) is 6.42 Å². The molecule has 5 rings (SSSR count). The number of hydrogen-bond donors (Lipinski definition) is 0. The number of para-hydroxylation sites is 1. The van der Waals surface area contributed by atoms with Crippen molar-refractivity contribution in [1.29, 1.82) is 0 Å². The van der Waals surface area contributed by atoms with Gasteiger partial charge in [-0.25, -0.2) is 0 Å². The molecule has 1 nitrogen and oxygen atoms in total. The van der Waals surface area contributed by atoms with Gasteiger partial charge < -0.3 is 4.74 Å². The molecular weight excluding hydrogens is 412 g/mol. The van der Waals surface area contributed by atoms with Crippen LogP contribution in [0.25, 0.3) is 0 Å².